The highest BCUT2D eigenvalue weighted by molar-refractivity contribution is 5.96. The van der Waals surface area contributed by atoms with E-state index in [-0.39, 0.29) is 12.2 Å². The van der Waals surface area contributed by atoms with E-state index >= 15 is 0 Å². The lowest BCUT2D eigenvalue weighted by Gasteiger charge is -2.12. The number of Topliss-reactive ketones (excluding diaryl/α,β-unsaturated/α-hetero) is 1. The summed E-state index contributed by atoms with van der Waals surface area (Å²) in [6.07, 6.45) is 4.07. The molecule has 0 bridgehead atoms. The van der Waals surface area contributed by atoms with Crippen molar-refractivity contribution in [3.8, 4) is 0 Å². The summed E-state index contributed by atoms with van der Waals surface area (Å²) in [5.41, 5.74) is 7.22. The van der Waals surface area contributed by atoms with Crippen molar-refractivity contribution in [2.45, 2.75) is 45.4 Å². The zero-order chi connectivity index (χ0) is 15.7. The van der Waals surface area contributed by atoms with Crippen LogP contribution in [-0.4, -0.2) is 23.4 Å². The molecule has 0 spiro atoms. The number of hydrogen-bond donors (Lipinski definition) is 2. The number of carboxylic acid groups (broad SMARTS) is 1. The fourth-order valence-corrected chi connectivity index (χ4v) is 2.38. The average Bonchev–Trinajstić information content (AvgIpc) is 2.49. The summed E-state index contributed by atoms with van der Waals surface area (Å²) >= 11 is 0. The van der Waals surface area contributed by atoms with E-state index in [1.807, 2.05) is 12.1 Å². The third kappa shape index (κ3) is 6.54. The molecule has 0 aliphatic heterocycles. The molecule has 3 N–H and O–H groups in total. The standard InChI is InChI=1S/C17H25NO3/c1-2-13(11-12-18)5-9-16(19)15-7-3-14(4-8-15)6-10-17(20)21/h3-4,7-8,13H,2,5-6,9-12,18H2,1H3,(H,20,21). The van der Waals surface area contributed by atoms with E-state index in [2.05, 4.69) is 6.92 Å². The summed E-state index contributed by atoms with van der Waals surface area (Å²) < 4.78 is 0. The molecule has 0 radical (unpaired) electrons. The van der Waals surface area contributed by atoms with Crippen LogP contribution in [0.3, 0.4) is 0 Å². The van der Waals surface area contributed by atoms with Gasteiger partial charge in [0.05, 0.1) is 0 Å². The van der Waals surface area contributed by atoms with Crippen LogP contribution in [0.4, 0.5) is 0 Å². The Morgan fingerprint density at radius 2 is 1.81 bits per heavy atom. The van der Waals surface area contributed by atoms with Gasteiger partial charge in [0, 0.05) is 18.4 Å². The Hall–Kier alpha value is -1.68. The third-order valence-corrected chi connectivity index (χ3v) is 3.84. The fraction of sp³-hybridized carbons (Fsp3) is 0.529. The third-order valence-electron chi connectivity index (χ3n) is 3.84. The largest absolute Gasteiger partial charge is 0.481 e. The number of aliphatic carboxylic acids is 1. The van der Waals surface area contributed by atoms with E-state index in [9.17, 15) is 9.59 Å². The van der Waals surface area contributed by atoms with Crippen LogP contribution in [-0.2, 0) is 11.2 Å². The van der Waals surface area contributed by atoms with Gasteiger partial charge in [-0.1, -0.05) is 37.6 Å². The van der Waals surface area contributed by atoms with Gasteiger partial charge in [0.1, 0.15) is 0 Å². The topological polar surface area (TPSA) is 80.4 Å². The molecule has 0 heterocycles. The first-order chi connectivity index (χ1) is 10.1. The van der Waals surface area contributed by atoms with Crippen molar-refractivity contribution >= 4 is 11.8 Å². The quantitative estimate of drug-likeness (QED) is 0.649. The summed E-state index contributed by atoms with van der Waals surface area (Å²) in [6, 6.07) is 7.27. The molecule has 4 heteroatoms. The van der Waals surface area contributed by atoms with E-state index < -0.39 is 5.97 Å². The van der Waals surface area contributed by atoms with Crippen LogP contribution in [0.2, 0.25) is 0 Å². The molecule has 0 saturated carbocycles. The minimum Gasteiger partial charge on any atom is -0.481 e. The Kier molecular flexibility index (Phi) is 7.69. The number of carbonyl (C=O) groups is 2. The SMILES string of the molecule is CCC(CCN)CCC(=O)c1ccc(CCC(=O)O)cc1. The number of hydrogen-bond acceptors (Lipinski definition) is 3. The molecule has 0 aromatic heterocycles. The molecule has 1 unspecified atom stereocenters. The minimum atomic E-state index is -0.805. The Morgan fingerprint density at radius 3 is 2.33 bits per heavy atom. The predicted octanol–water partition coefficient (Wildman–Crippen LogP) is 3.04. The van der Waals surface area contributed by atoms with E-state index in [0.29, 0.717) is 30.9 Å². The number of carbonyl (C=O) groups excluding carboxylic acids is 1. The lowest BCUT2D eigenvalue weighted by Crippen LogP contribution is -2.10. The van der Waals surface area contributed by atoms with Crippen LogP contribution in [0.1, 0.15) is 54.9 Å². The summed E-state index contributed by atoms with van der Waals surface area (Å²) in [5, 5.41) is 8.64. The molecule has 0 fully saturated rings. The van der Waals surface area contributed by atoms with E-state index in [1.165, 1.54) is 0 Å². The number of aryl methyl sites for hydroxylation is 1. The van der Waals surface area contributed by atoms with Gasteiger partial charge in [-0.2, -0.15) is 0 Å². The first kappa shape index (κ1) is 17.4. The number of nitrogens with two attached hydrogens (primary N) is 1. The molecule has 21 heavy (non-hydrogen) atoms. The first-order valence-corrected chi connectivity index (χ1v) is 7.60. The van der Waals surface area contributed by atoms with E-state index in [1.54, 1.807) is 12.1 Å². The summed E-state index contributed by atoms with van der Waals surface area (Å²) in [6.45, 7) is 2.80. The highest BCUT2D eigenvalue weighted by Gasteiger charge is 2.11. The maximum Gasteiger partial charge on any atom is 0.303 e. The average molecular weight is 291 g/mol. The molecule has 0 amide bonds. The molecule has 0 saturated heterocycles. The smallest absolute Gasteiger partial charge is 0.303 e. The number of rotatable bonds is 10. The molecule has 1 aromatic carbocycles. The molecule has 1 atom stereocenters. The maximum atomic E-state index is 12.1. The van der Waals surface area contributed by atoms with Crippen LogP contribution < -0.4 is 5.73 Å². The van der Waals surface area contributed by atoms with Gasteiger partial charge >= 0.3 is 5.97 Å². The second kappa shape index (κ2) is 9.29. The van der Waals surface area contributed by atoms with Crippen LogP contribution in [0, 0.1) is 5.92 Å². The Morgan fingerprint density at radius 1 is 1.14 bits per heavy atom. The van der Waals surface area contributed by atoms with Crippen LogP contribution >= 0.6 is 0 Å². The molecular formula is C17H25NO3. The minimum absolute atomic E-state index is 0.116. The van der Waals surface area contributed by atoms with Gasteiger partial charge in [-0.25, -0.2) is 0 Å². The van der Waals surface area contributed by atoms with Gasteiger partial charge in [0.25, 0.3) is 0 Å². The lowest BCUT2D eigenvalue weighted by atomic mass is 9.93. The zero-order valence-corrected chi connectivity index (χ0v) is 12.7. The summed E-state index contributed by atoms with van der Waals surface area (Å²) in [5.74, 6) is -0.135. The lowest BCUT2D eigenvalue weighted by molar-refractivity contribution is -0.136. The Bertz CT molecular complexity index is 454. The molecular weight excluding hydrogens is 266 g/mol. The first-order valence-electron chi connectivity index (χ1n) is 7.60. The molecule has 0 aliphatic rings. The Balaban J connectivity index is 2.49. The number of benzene rings is 1. The normalized spacial score (nSPS) is 12.1. The number of ketones is 1. The van der Waals surface area contributed by atoms with Crippen molar-refractivity contribution in [2.75, 3.05) is 6.54 Å². The summed E-state index contributed by atoms with van der Waals surface area (Å²) in [4.78, 5) is 22.6. The van der Waals surface area contributed by atoms with E-state index in [4.69, 9.17) is 10.8 Å². The molecule has 1 aromatic rings. The van der Waals surface area contributed by atoms with Crippen LogP contribution in [0.25, 0.3) is 0 Å². The monoisotopic (exact) mass is 291 g/mol. The van der Waals surface area contributed by atoms with Crippen molar-refractivity contribution < 1.29 is 14.7 Å². The second-order valence-corrected chi connectivity index (χ2v) is 5.40. The Labute approximate surface area is 126 Å². The van der Waals surface area contributed by atoms with Gasteiger partial charge in [-0.3, -0.25) is 9.59 Å². The van der Waals surface area contributed by atoms with Gasteiger partial charge < -0.3 is 10.8 Å². The van der Waals surface area contributed by atoms with Crippen molar-refractivity contribution in [3.63, 3.8) is 0 Å². The molecule has 116 valence electrons. The molecule has 1 rings (SSSR count). The fourth-order valence-electron chi connectivity index (χ4n) is 2.38. The maximum absolute atomic E-state index is 12.1. The van der Waals surface area contributed by atoms with Crippen molar-refractivity contribution in [1.82, 2.24) is 0 Å². The summed E-state index contributed by atoms with van der Waals surface area (Å²) in [7, 11) is 0. The molecule has 0 aliphatic carbocycles. The zero-order valence-electron chi connectivity index (χ0n) is 12.7. The van der Waals surface area contributed by atoms with Crippen molar-refractivity contribution in [3.05, 3.63) is 35.4 Å². The number of carboxylic acids is 1. The van der Waals surface area contributed by atoms with E-state index in [0.717, 1.165) is 24.8 Å². The molecule has 4 nitrogen and oxygen atoms in total. The highest BCUT2D eigenvalue weighted by Crippen LogP contribution is 2.17. The van der Waals surface area contributed by atoms with Gasteiger partial charge in [-0.05, 0) is 37.3 Å². The second-order valence-electron chi connectivity index (χ2n) is 5.40. The highest BCUT2D eigenvalue weighted by atomic mass is 16.4. The van der Waals surface area contributed by atoms with Crippen molar-refractivity contribution in [2.24, 2.45) is 11.7 Å². The van der Waals surface area contributed by atoms with Crippen LogP contribution in [0.5, 0.6) is 0 Å². The van der Waals surface area contributed by atoms with Gasteiger partial charge in [0.2, 0.25) is 0 Å². The van der Waals surface area contributed by atoms with Crippen LogP contribution in [0.15, 0.2) is 24.3 Å². The van der Waals surface area contributed by atoms with Gasteiger partial charge in [-0.15, -0.1) is 0 Å². The van der Waals surface area contributed by atoms with Crippen molar-refractivity contribution in [1.29, 1.82) is 0 Å². The van der Waals surface area contributed by atoms with Gasteiger partial charge in [0.15, 0.2) is 5.78 Å². The predicted molar refractivity (Wildman–Crippen MR) is 83.4 cm³/mol.